The highest BCUT2D eigenvalue weighted by Crippen LogP contribution is 2.56. The summed E-state index contributed by atoms with van der Waals surface area (Å²) >= 11 is 6.19. The zero-order chi connectivity index (χ0) is 32.5. The van der Waals surface area contributed by atoms with Crippen LogP contribution >= 0.6 is 11.6 Å². The summed E-state index contributed by atoms with van der Waals surface area (Å²) in [6.07, 6.45) is 0.334. The fourth-order valence-electron chi connectivity index (χ4n) is 7.09. The molecule has 0 radical (unpaired) electrons. The van der Waals surface area contributed by atoms with Crippen molar-refractivity contribution in [2.75, 3.05) is 12.1 Å². The number of phenols is 1. The summed E-state index contributed by atoms with van der Waals surface area (Å²) in [5.74, 6) is -6.00. The minimum absolute atomic E-state index is 0.000830. The van der Waals surface area contributed by atoms with Crippen molar-refractivity contribution in [3.05, 3.63) is 99.3 Å². The van der Waals surface area contributed by atoms with Crippen molar-refractivity contribution in [3.8, 4) is 5.75 Å². The molecule has 2 aromatic rings. The first-order valence-electron chi connectivity index (χ1n) is 14.2. The molecule has 45 heavy (non-hydrogen) atoms. The van der Waals surface area contributed by atoms with E-state index in [0.717, 1.165) is 16.1 Å². The van der Waals surface area contributed by atoms with Gasteiger partial charge in [0.2, 0.25) is 0 Å². The third-order valence-electron chi connectivity index (χ3n) is 9.09. The molecule has 1 aliphatic heterocycles. The fourth-order valence-corrected chi connectivity index (χ4v) is 7.32. The number of aromatic hydroxyl groups is 1. The molecule has 232 valence electrons. The van der Waals surface area contributed by atoms with Gasteiger partial charge in [0.05, 0.1) is 16.9 Å². The number of nitrogens with zero attached hydrogens (tertiary/aromatic N) is 3. The maximum Gasteiger partial charge on any atom is 0.433 e. The molecule has 0 saturated carbocycles. The lowest BCUT2D eigenvalue weighted by Gasteiger charge is -2.42. The standard InChI is InChI=1S/C33H27ClF3N3O5/c1-4-6-16-7-5-8-18(29(16)43)25-17-9-10-19-26(20(17)14-21-27(25)23(41)13-15(2)28(21)42)32(45)40(31(19)44)39(3)30-22(34)11-12-24(38-30)33(35,36)37/h4-5,7-9,11-13,19-20,25-26,43H,1,6,10,14H2,2-3H3/t19-,20+,25+,26-/m0/s1. The molecule has 2 heterocycles. The van der Waals surface area contributed by atoms with Crippen LogP contribution in [0.25, 0.3) is 0 Å². The van der Waals surface area contributed by atoms with Crippen molar-refractivity contribution < 1.29 is 37.5 Å². The molecule has 1 aromatic carbocycles. The number of hydrogen-bond acceptors (Lipinski definition) is 7. The second kappa shape index (κ2) is 10.8. The number of allylic oxidation sites excluding steroid dienone is 7. The SMILES string of the molecule is C=CCc1cccc([C@H]2C3=CC[C@@H]4C(=O)N(N(C)c5nc(C(F)(F)F)ccc5Cl)C(=O)[C@@H]4[C@@H]3CC3=C2C(=O)C=C(C)C3=O)c1O. The van der Waals surface area contributed by atoms with Crippen molar-refractivity contribution in [1.29, 1.82) is 0 Å². The first kappa shape index (κ1) is 30.5. The van der Waals surface area contributed by atoms with Crippen LogP contribution in [-0.4, -0.2) is 45.5 Å². The number of amides is 2. The fraction of sp³-hybridized carbons (Fsp3) is 0.303. The highest BCUT2D eigenvalue weighted by atomic mass is 35.5. The number of para-hydroxylation sites is 1. The van der Waals surface area contributed by atoms with Crippen molar-refractivity contribution in [3.63, 3.8) is 0 Å². The molecule has 1 aromatic heterocycles. The molecule has 1 saturated heterocycles. The quantitative estimate of drug-likeness (QED) is 0.256. The Bertz CT molecular complexity index is 1810. The highest BCUT2D eigenvalue weighted by molar-refractivity contribution is 6.33. The smallest absolute Gasteiger partial charge is 0.433 e. The van der Waals surface area contributed by atoms with Gasteiger partial charge >= 0.3 is 6.18 Å². The van der Waals surface area contributed by atoms with Gasteiger partial charge in [-0.05, 0) is 55.9 Å². The number of anilines is 1. The molecule has 1 N–H and O–H groups in total. The lowest BCUT2D eigenvalue weighted by Crippen LogP contribution is -2.46. The molecular formula is C33H27ClF3N3O5. The molecule has 0 bridgehead atoms. The molecule has 8 nitrogen and oxygen atoms in total. The number of benzene rings is 1. The normalized spacial score (nSPS) is 24.6. The Morgan fingerprint density at radius 1 is 1.13 bits per heavy atom. The Morgan fingerprint density at radius 3 is 2.56 bits per heavy atom. The first-order valence-corrected chi connectivity index (χ1v) is 14.6. The van der Waals surface area contributed by atoms with Gasteiger partial charge in [0.1, 0.15) is 11.4 Å². The summed E-state index contributed by atoms with van der Waals surface area (Å²) in [5.41, 5.74) is 1.01. The van der Waals surface area contributed by atoms with E-state index >= 15 is 0 Å². The molecule has 4 atom stereocenters. The van der Waals surface area contributed by atoms with Crippen LogP contribution in [0.4, 0.5) is 19.0 Å². The number of rotatable bonds is 5. The molecule has 4 aliphatic rings. The van der Waals surface area contributed by atoms with Crippen LogP contribution in [0, 0.1) is 17.8 Å². The number of imide groups is 1. The lowest BCUT2D eigenvalue weighted by atomic mass is 9.59. The minimum atomic E-state index is -4.79. The number of pyridine rings is 1. The number of carbonyl (C=O) groups is 4. The van der Waals surface area contributed by atoms with Gasteiger partial charge < -0.3 is 5.11 Å². The topological polar surface area (TPSA) is 108 Å². The van der Waals surface area contributed by atoms with Crippen molar-refractivity contribution in [2.45, 2.75) is 38.3 Å². The van der Waals surface area contributed by atoms with Crippen LogP contribution < -0.4 is 5.01 Å². The predicted octanol–water partition coefficient (Wildman–Crippen LogP) is 5.67. The van der Waals surface area contributed by atoms with E-state index in [-0.39, 0.29) is 51.9 Å². The van der Waals surface area contributed by atoms with E-state index in [4.69, 9.17) is 11.6 Å². The Morgan fingerprint density at radius 2 is 1.87 bits per heavy atom. The van der Waals surface area contributed by atoms with Crippen LogP contribution in [0.2, 0.25) is 5.02 Å². The van der Waals surface area contributed by atoms with Gasteiger partial charge in [-0.25, -0.2) is 4.98 Å². The molecule has 0 spiro atoms. The van der Waals surface area contributed by atoms with Crippen molar-refractivity contribution in [2.24, 2.45) is 17.8 Å². The van der Waals surface area contributed by atoms with E-state index in [1.165, 1.54) is 20.0 Å². The molecule has 3 aliphatic carbocycles. The van der Waals surface area contributed by atoms with Crippen LogP contribution in [0.3, 0.4) is 0 Å². The van der Waals surface area contributed by atoms with Gasteiger partial charge in [-0.3, -0.25) is 24.2 Å². The number of hydrazine groups is 1. The monoisotopic (exact) mass is 637 g/mol. The van der Waals surface area contributed by atoms with E-state index in [1.807, 2.05) is 0 Å². The molecule has 1 fully saturated rings. The second-order valence-corrected chi connectivity index (χ2v) is 12.0. The van der Waals surface area contributed by atoms with Crippen LogP contribution in [-0.2, 0) is 31.8 Å². The van der Waals surface area contributed by atoms with E-state index < -0.39 is 53.2 Å². The third-order valence-corrected chi connectivity index (χ3v) is 9.38. The maximum absolute atomic E-state index is 14.1. The van der Waals surface area contributed by atoms with E-state index in [1.54, 1.807) is 30.4 Å². The Balaban J connectivity index is 1.45. The first-order chi connectivity index (χ1) is 21.3. The number of carbonyl (C=O) groups excluding carboxylic acids is 4. The van der Waals surface area contributed by atoms with E-state index in [2.05, 4.69) is 11.6 Å². The second-order valence-electron chi connectivity index (χ2n) is 11.6. The van der Waals surface area contributed by atoms with Gasteiger partial charge in [-0.1, -0.05) is 47.5 Å². The van der Waals surface area contributed by atoms with Crippen molar-refractivity contribution in [1.82, 2.24) is 9.99 Å². The highest BCUT2D eigenvalue weighted by Gasteiger charge is 2.58. The van der Waals surface area contributed by atoms with Crippen LogP contribution in [0.1, 0.15) is 42.5 Å². The predicted molar refractivity (Wildman–Crippen MR) is 158 cm³/mol. The maximum atomic E-state index is 14.1. The molecule has 0 unspecified atom stereocenters. The Hall–Kier alpha value is -4.51. The third kappa shape index (κ3) is 4.72. The molecule has 2 amide bonds. The van der Waals surface area contributed by atoms with Gasteiger partial charge in [0, 0.05) is 35.2 Å². The average molecular weight is 638 g/mol. The lowest BCUT2D eigenvalue weighted by molar-refractivity contribution is -0.141. The number of ketones is 2. The summed E-state index contributed by atoms with van der Waals surface area (Å²) in [4.78, 5) is 58.5. The summed E-state index contributed by atoms with van der Waals surface area (Å²) in [6, 6.07) is 6.81. The summed E-state index contributed by atoms with van der Waals surface area (Å²) in [7, 11) is 1.24. The summed E-state index contributed by atoms with van der Waals surface area (Å²) in [5, 5.41) is 12.8. The van der Waals surface area contributed by atoms with Crippen LogP contribution in [0.5, 0.6) is 5.75 Å². The number of hydrogen-bond donors (Lipinski definition) is 1. The van der Waals surface area contributed by atoms with Crippen LogP contribution in [0.15, 0.2) is 77.4 Å². The summed E-state index contributed by atoms with van der Waals surface area (Å²) in [6.45, 7) is 5.26. The number of Topliss-reactive ketones (excluding diaryl/α,β-unsaturated/α-hetero) is 1. The number of phenolic OH excluding ortho intramolecular Hbond substituents is 1. The van der Waals surface area contributed by atoms with E-state index in [0.29, 0.717) is 29.2 Å². The number of alkyl halides is 3. The van der Waals surface area contributed by atoms with Gasteiger partial charge in [-0.15, -0.1) is 6.58 Å². The number of fused-ring (bicyclic) bond motifs is 3. The van der Waals surface area contributed by atoms with Gasteiger partial charge in [0.25, 0.3) is 11.8 Å². The van der Waals surface area contributed by atoms with E-state index in [9.17, 15) is 37.5 Å². The van der Waals surface area contributed by atoms with Gasteiger partial charge in [0.15, 0.2) is 17.4 Å². The minimum Gasteiger partial charge on any atom is -0.507 e. The molecular weight excluding hydrogens is 611 g/mol. The molecule has 6 rings (SSSR count). The number of aromatic nitrogens is 1. The Kier molecular flexibility index (Phi) is 7.35. The number of halogens is 4. The largest absolute Gasteiger partial charge is 0.507 e. The van der Waals surface area contributed by atoms with Gasteiger partial charge in [-0.2, -0.15) is 18.2 Å². The average Bonchev–Trinajstić information content (AvgIpc) is 3.25. The molecule has 12 heteroatoms. The summed E-state index contributed by atoms with van der Waals surface area (Å²) < 4.78 is 40.4. The zero-order valence-corrected chi connectivity index (χ0v) is 24.9. The zero-order valence-electron chi connectivity index (χ0n) is 24.2. The Labute approximate surface area is 261 Å². The van der Waals surface area contributed by atoms with Crippen molar-refractivity contribution >= 4 is 40.8 Å².